The van der Waals surface area contributed by atoms with Gasteiger partial charge >= 0.3 is 0 Å². The van der Waals surface area contributed by atoms with Crippen molar-refractivity contribution in [3.05, 3.63) is 30.2 Å². The van der Waals surface area contributed by atoms with Crippen LogP contribution in [0.5, 0.6) is 0 Å². The van der Waals surface area contributed by atoms with Crippen LogP contribution < -0.4 is 0 Å². The van der Waals surface area contributed by atoms with E-state index >= 15 is 0 Å². The molecule has 0 N–H and O–H groups in total. The Hall–Kier alpha value is -1.51. The molecule has 0 spiro atoms. The molecule has 14 heavy (non-hydrogen) atoms. The highest BCUT2D eigenvalue weighted by Gasteiger charge is 2.17. The molecule has 0 aliphatic rings. The molecule has 0 saturated heterocycles. The summed E-state index contributed by atoms with van der Waals surface area (Å²) in [4.78, 5) is 4.03. The SMILES string of the molecule is CC(C)(C)c1cnnc2cnccc12. The van der Waals surface area contributed by atoms with Crippen LogP contribution in [0.4, 0.5) is 0 Å². The second-order valence-electron chi connectivity index (χ2n) is 4.40. The molecule has 0 aromatic carbocycles. The summed E-state index contributed by atoms with van der Waals surface area (Å²) in [5.74, 6) is 0. The molecule has 0 bridgehead atoms. The third-order valence-electron chi connectivity index (χ3n) is 2.25. The molecule has 0 saturated carbocycles. The average molecular weight is 187 g/mol. The third-order valence-corrected chi connectivity index (χ3v) is 2.25. The van der Waals surface area contributed by atoms with Gasteiger partial charge in [0.15, 0.2) is 0 Å². The molecule has 72 valence electrons. The predicted molar refractivity (Wildman–Crippen MR) is 56.0 cm³/mol. The molecular weight excluding hydrogens is 174 g/mol. The fraction of sp³-hybridized carbons (Fsp3) is 0.364. The highest BCUT2D eigenvalue weighted by Crippen LogP contribution is 2.27. The maximum atomic E-state index is 4.04. The summed E-state index contributed by atoms with van der Waals surface area (Å²) in [5.41, 5.74) is 2.17. The predicted octanol–water partition coefficient (Wildman–Crippen LogP) is 2.32. The lowest BCUT2D eigenvalue weighted by Crippen LogP contribution is -2.12. The largest absolute Gasteiger partial charge is 0.262 e. The Morgan fingerprint density at radius 2 is 1.93 bits per heavy atom. The highest BCUT2D eigenvalue weighted by molar-refractivity contribution is 5.81. The van der Waals surface area contributed by atoms with Gasteiger partial charge in [-0.2, -0.15) is 5.10 Å². The van der Waals surface area contributed by atoms with Crippen molar-refractivity contribution < 1.29 is 0 Å². The smallest absolute Gasteiger partial charge is 0.112 e. The van der Waals surface area contributed by atoms with Crippen LogP contribution in [0, 0.1) is 0 Å². The zero-order valence-corrected chi connectivity index (χ0v) is 8.65. The first kappa shape index (κ1) is 9.06. The van der Waals surface area contributed by atoms with Crippen LogP contribution in [0.1, 0.15) is 26.3 Å². The quantitative estimate of drug-likeness (QED) is 0.635. The lowest BCUT2D eigenvalue weighted by Gasteiger charge is -2.19. The van der Waals surface area contributed by atoms with Crippen molar-refractivity contribution in [1.29, 1.82) is 0 Å². The van der Waals surface area contributed by atoms with Crippen LogP contribution in [-0.4, -0.2) is 15.2 Å². The van der Waals surface area contributed by atoms with E-state index in [4.69, 9.17) is 0 Å². The van der Waals surface area contributed by atoms with Crippen molar-refractivity contribution in [3.63, 3.8) is 0 Å². The molecule has 0 aliphatic carbocycles. The van der Waals surface area contributed by atoms with Crippen LogP contribution in [0.25, 0.3) is 10.9 Å². The Kier molecular flexibility index (Phi) is 1.95. The molecule has 2 heterocycles. The lowest BCUT2D eigenvalue weighted by atomic mass is 9.86. The van der Waals surface area contributed by atoms with Gasteiger partial charge in [0.2, 0.25) is 0 Å². The monoisotopic (exact) mass is 187 g/mol. The van der Waals surface area contributed by atoms with Gasteiger partial charge in [0.25, 0.3) is 0 Å². The van der Waals surface area contributed by atoms with Gasteiger partial charge in [-0.15, -0.1) is 5.10 Å². The number of hydrogen-bond donors (Lipinski definition) is 0. The van der Waals surface area contributed by atoms with Gasteiger partial charge in [0.05, 0.1) is 12.4 Å². The van der Waals surface area contributed by atoms with Crippen molar-refractivity contribution >= 4 is 10.9 Å². The third kappa shape index (κ3) is 1.45. The van der Waals surface area contributed by atoms with E-state index in [1.165, 1.54) is 5.56 Å². The summed E-state index contributed by atoms with van der Waals surface area (Å²) in [5, 5.41) is 9.17. The minimum absolute atomic E-state index is 0.0928. The normalized spacial score (nSPS) is 11.9. The van der Waals surface area contributed by atoms with Gasteiger partial charge in [-0.25, -0.2) is 0 Å². The Morgan fingerprint density at radius 1 is 1.14 bits per heavy atom. The van der Waals surface area contributed by atoms with Crippen molar-refractivity contribution in [2.45, 2.75) is 26.2 Å². The van der Waals surface area contributed by atoms with E-state index in [2.05, 4.69) is 36.0 Å². The van der Waals surface area contributed by atoms with E-state index < -0.39 is 0 Å². The summed E-state index contributed by atoms with van der Waals surface area (Å²) in [6.45, 7) is 6.51. The van der Waals surface area contributed by atoms with Gasteiger partial charge in [-0.1, -0.05) is 20.8 Å². The van der Waals surface area contributed by atoms with Crippen LogP contribution >= 0.6 is 0 Å². The fourth-order valence-corrected chi connectivity index (χ4v) is 1.51. The molecule has 2 rings (SSSR count). The maximum absolute atomic E-state index is 4.04. The molecule has 3 nitrogen and oxygen atoms in total. The summed E-state index contributed by atoms with van der Waals surface area (Å²) < 4.78 is 0. The van der Waals surface area contributed by atoms with Gasteiger partial charge in [0, 0.05) is 11.6 Å². The van der Waals surface area contributed by atoms with Crippen LogP contribution in [0.2, 0.25) is 0 Å². The Bertz CT molecular complexity index is 452. The highest BCUT2D eigenvalue weighted by atomic mass is 15.1. The molecule has 3 heteroatoms. The lowest BCUT2D eigenvalue weighted by molar-refractivity contribution is 0.591. The van der Waals surface area contributed by atoms with Crippen molar-refractivity contribution in [3.8, 4) is 0 Å². The average Bonchev–Trinajstić information content (AvgIpc) is 2.15. The molecule has 0 fully saturated rings. The molecular formula is C11H13N3. The zero-order valence-electron chi connectivity index (χ0n) is 8.65. The Balaban J connectivity index is 2.78. The number of fused-ring (bicyclic) bond motifs is 1. The van der Waals surface area contributed by atoms with Crippen molar-refractivity contribution in [2.24, 2.45) is 0 Å². The minimum Gasteiger partial charge on any atom is -0.262 e. The van der Waals surface area contributed by atoms with Gasteiger partial charge < -0.3 is 0 Å². The fourth-order valence-electron chi connectivity index (χ4n) is 1.51. The second-order valence-corrected chi connectivity index (χ2v) is 4.40. The minimum atomic E-state index is 0.0928. The summed E-state index contributed by atoms with van der Waals surface area (Å²) in [6.07, 6.45) is 5.37. The van der Waals surface area contributed by atoms with Crippen molar-refractivity contribution in [1.82, 2.24) is 15.2 Å². The maximum Gasteiger partial charge on any atom is 0.112 e. The van der Waals surface area contributed by atoms with Gasteiger partial charge in [-0.05, 0) is 17.0 Å². The molecule has 0 unspecified atom stereocenters. The first-order valence-electron chi connectivity index (χ1n) is 4.65. The number of nitrogens with zero attached hydrogens (tertiary/aromatic N) is 3. The van der Waals surface area contributed by atoms with E-state index in [1.54, 1.807) is 12.4 Å². The first-order chi connectivity index (χ1) is 6.59. The number of aromatic nitrogens is 3. The topological polar surface area (TPSA) is 38.7 Å². The van der Waals surface area contributed by atoms with E-state index in [0.29, 0.717) is 0 Å². The van der Waals surface area contributed by atoms with Crippen LogP contribution in [0.3, 0.4) is 0 Å². The summed E-state index contributed by atoms with van der Waals surface area (Å²) in [6, 6.07) is 1.99. The summed E-state index contributed by atoms with van der Waals surface area (Å²) >= 11 is 0. The van der Waals surface area contributed by atoms with Gasteiger partial charge in [-0.3, -0.25) is 4.98 Å². The number of hydrogen-bond acceptors (Lipinski definition) is 3. The van der Waals surface area contributed by atoms with E-state index in [9.17, 15) is 0 Å². The zero-order chi connectivity index (χ0) is 10.2. The Morgan fingerprint density at radius 3 is 2.64 bits per heavy atom. The van der Waals surface area contributed by atoms with Crippen molar-refractivity contribution in [2.75, 3.05) is 0 Å². The number of pyridine rings is 1. The van der Waals surface area contributed by atoms with Gasteiger partial charge in [0.1, 0.15) is 5.52 Å². The molecule has 2 aromatic rings. The van der Waals surface area contributed by atoms with E-state index in [-0.39, 0.29) is 5.41 Å². The molecule has 0 amide bonds. The summed E-state index contributed by atoms with van der Waals surface area (Å²) in [7, 11) is 0. The van der Waals surface area contributed by atoms with E-state index in [0.717, 1.165) is 10.9 Å². The first-order valence-corrected chi connectivity index (χ1v) is 4.65. The molecule has 0 atom stereocenters. The standard InChI is InChI=1S/C11H13N3/c1-11(2,3)9-6-13-14-10-7-12-5-4-8(9)10/h4-7H,1-3H3. The second kappa shape index (κ2) is 3.01. The van der Waals surface area contributed by atoms with Crippen LogP contribution in [-0.2, 0) is 5.41 Å². The molecule has 0 radical (unpaired) electrons. The number of rotatable bonds is 0. The van der Waals surface area contributed by atoms with Crippen LogP contribution in [0.15, 0.2) is 24.7 Å². The Labute approximate surface area is 83.2 Å². The van der Waals surface area contributed by atoms with E-state index in [1.807, 2.05) is 12.3 Å². The molecule has 2 aromatic heterocycles. The molecule has 0 aliphatic heterocycles.